The zero-order valence-corrected chi connectivity index (χ0v) is 10.6. The highest BCUT2D eigenvalue weighted by Gasteiger charge is 2.27. The van der Waals surface area contributed by atoms with Gasteiger partial charge in [-0.15, -0.1) is 0 Å². The van der Waals surface area contributed by atoms with Gasteiger partial charge < -0.3 is 10.4 Å². The Morgan fingerprint density at radius 3 is 2.67 bits per heavy atom. The minimum absolute atomic E-state index is 0.140. The summed E-state index contributed by atoms with van der Waals surface area (Å²) in [6.07, 6.45) is 0. The first-order valence-electron chi connectivity index (χ1n) is 5.82. The molecule has 1 saturated heterocycles. The van der Waals surface area contributed by atoms with Crippen LogP contribution in [0, 0.1) is 5.82 Å². The Morgan fingerprint density at radius 2 is 2.06 bits per heavy atom. The Bertz CT molecular complexity index is 425. The maximum atomic E-state index is 13.4. The average molecular weight is 277 g/mol. The summed E-state index contributed by atoms with van der Waals surface area (Å²) in [6.45, 7) is 2.05. The van der Waals surface area contributed by atoms with Gasteiger partial charge in [-0.3, -0.25) is 4.90 Å². The van der Waals surface area contributed by atoms with Crippen molar-refractivity contribution in [1.82, 2.24) is 10.2 Å². The molecule has 0 saturated carbocycles. The number of nitrogens with one attached hydrogen (secondary N) is 1. The molecule has 3 nitrogen and oxygen atoms in total. The number of piperazine rings is 1. The number of alkyl halides is 1. The van der Waals surface area contributed by atoms with Gasteiger partial charge in [0, 0.05) is 36.8 Å². The van der Waals surface area contributed by atoms with Crippen LogP contribution in [0.25, 0.3) is 0 Å². The van der Waals surface area contributed by atoms with Crippen LogP contribution in [0.15, 0.2) is 12.1 Å². The minimum Gasteiger partial charge on any atom is -0.505 e. The third kappa shape index (κ3) is 2.58. The highest BCUT2D eigenvalue weighted by Crippen LogP contribution is 2.36. The lowest BCUT2D eigenvalue weighted by Crippen LogP contribution is -2.45. The van der Waals surface area contributed by atoms with E-state index in [1.807, 2.05) is 4.90 Å². The Balaban J connectivity index is 2.34. The molecule has 0 bridgehead atoms. The van der Waals surface area contributed by atoms with Crippen LogP contribution in [-0.2, 0) is 0 Å². The summed E-state index contributed by atoms with van der Waals surface area (Å²) >= 11 is 5.96. The van der Waals surface area contributed by atoms with E-state index in [-0.39, 0.29) is 10.6 Å². The lowest BCUT2D eigenvalue weighted by atomic mass is 10.0. The van der Waals surface area contributed by atoms with Crippen LogP contribution in [0.4, 0.5) is 8.78 Å². The molecule has 1 atom stereocenters. The first-order chi connectivity index (χ1) is 8.65. The molecule has 1 heterocycles. The molecule has 0 spiro atoms. The number of hydrogen-bond donors (Lipinski definition) is 2. The molecule has 1 aromatic carbocycles. The van der Waals surface area contributed by atoms with Crippen LogP contribution in [0.3, 0.4) is 0 Å². The van der Waals surface area contributed by atoms with Gasteiger partial charge in [0.05, 0.1) is 6.04 Å². The number of phenolic OH excluding ortho intramolecular Hbond substituents is 1. The summed E-state index contributed by atoms with van der Waals surface area (Å²) in [5.74, 6) is -1.33. The fraction of sp³-hybridized carbons (Fsp3) is 0.500. The van der Waals surface area contributed by atoms with Crippen molar-refractivity contribution in [3.63, 3.8) is 0 Å². The standard InChI is InChI=1S/C12H15ClF2N2O/c13-8-1-2-9(15)12(18)11(8)10(7-14)17-5-3-16-4-6-17/h1-2,10,16,18H,3-7H2/t10-/m0/s1. The van der Waals surface area contributed by atoms with Crippen LogP contribution in [0.1, 0.15) is 11.6 Å². The second kappa shape index (κ2) is 5.82. The summed E-state index contributed by atoms with van der Waals surface area (Å²) in [4.78, 5) is 1.86. The smallest absolute Gasteiger partial charge is 0.165 e. The molecule has 0 aliphatic carbocycles. The zero-order chi connectivity index (χ0) is 13.1. The van der Waals surface area contributed by atoms with Crippen LogP contribution < -0.4 is 5.32 Å². The first-order valence-corrected chi connectivity index (χ1v) is 6.20. The number of phenols is 1. The van der Waals surface area contributed by atoms with Crippen molar-refractivity contribution >= 4 is 11.6 Å². The van der Waals surface area contributed by atoms with Gasteiger partial charge >= 0.3 is 0 Å². The number of nitrogens with zero attached hydrogens (tertiary/aromatic N) is 1. The van der Waals surface area contributed by atoms with Gasteiger partial charge in [0.1, 0.15) is 6.67 Å². The largest absolute Gasteiger partial charge is 0.505 e. The van der Waals surface area contributed by atoms with Crippen molar-refractivity contribution in [2.75, 3.05) is 32.9 Å². The number of halogens is 3. The van der Waals surface area contributed by atoms with Crippen LogP contribution in [0.2, 0.25) is 5.02 Å². The first kappa shape index (κ1) is 13.5. The second-order valence-corrected chi connectivity index (χ2v) is 4.65. The topological polar surface area (TPSA) is 35.5 Å². The van der Waals surface area contributed by atoms with Crippen molar-refractivity contribution in [2.45, 2.75) is 6.04 Å². The molecule has 1 aliphatic rings. The Labute approximate surface area is 109 Å². The number of benzene rings is 1. The Kier molecular flexibility index (Phi) is 4.37. The lowest BCUT2D eigenvalue weighted by Gasteiger charge is -2.34. The lowest BCUT2D eigenvalue weighted by molar-refractivity contribution is 0.144. The molecule has 2 N–H and O–H groups in total. The van der Waals surface area contributed by atoms with E-state index in [9.17, 15) is 13.9 Å². The molecule has 0 radical (unpaired) electrons. The fourth-order valence-corrected chi connectivity index (χ4v) is 2.50. The summed E-state index contributed by atoms with van der Waals surface area (Å²) in [7, 11) is 0. The van der Waals surface area contributed by atoms with Crippen LogP contribution >= 0.6 is 11.6 Å². The van der Waals surface area contributed by atoms with Gasteiger partial charge in [0.15, 0.2) is 11.6 Å². The highest BCUT2D eigenvalue weighted by molar-refractivity contribution is 6.31. The maximum Gasteiger partial charge on any atom is 0.165 e. The predicted octanol–water partition coefficient (Wildman–Crippen LogP) is 2.10. The van der Waals surface area contributed by atoms with Gasteiger partial charge in [-0.25, -0.2) is 8.78 Å². The van der Waals surface area contributed by atoms with Crippen molar-refractivity contribution in [3.8, 4) is 5.75 Å². The maximum absolute atomic E-state index is 13.4. The van der Waals surface area contributed by atoms with E-state index in [0.717, 1.165) is 19.2 Å². The van der Waals surface area contributed by atoms with Crippen molar-refractivity contribution < 1.29 is 13.9 Å². The molecule has 2 rings (SSSR count). The quantitative estimate of drug-likeness (QED) is 0.887. The zero-order valence-electron chi connectivity index (χ0n) is 9.80. The van der Waals surface area contributed by atoms with Gasteiger partial charge in [-0.05, 0) is 12.1 Å². The third-order valence-electron chi connectivity index (χ3n) is 3.19. The molecule has 18 heavy (non-hydrogen) atoms. The van der Waals surface area contributed by atoms with Crippen LogP contribution in [-0.4, -0.2) is 42.9 Å². The fourth-order valence-electron chi connectivity index (χ4n) is 2.22. The van der Waals surface area contributed by atoms with Gasteiger partial charge in [-0.2, -0.15) is 0 Å². The van der Waals surface area contributed by atoms with E-state index in [2.05, 4.69) is 5.32 Å². The van der Waals surface area contributed by atoms with E-state index in [4.69, 9.17) is 11.6 Å². The monoisotopic (exact) mass is 276 g/mol. The second-order valence-electron chi connectivity index (χ2n) is 4.25. The van der Waals surface area contributed by atoms with Crippen molar-refractivity contribution in [1.29, 1.82) is 0 Å². The Hall–Kier alpha value is -0.910. The van der Waals surface area contributed by atoms with E-state index in [1.165, 1.54) is 6.07 Å². The van der Waals surface area contributed by atoms with E-state index < -0.39 is 24.3 Å². The normalized spacial score (nSPS) is 18.8. The van der Waals surface area contributed by atoms with E-state index in [0.29, 0.717) is 13.1 Å². The van der Waals surface area contributed by atoms with E-state index >= 15 is 0 Å². The Morgan fingerprint density at radius 1 is 1.39 bits per heavy atom. The molecular formula is C12H15ClF2N2O. The molecule has 6 heteroatoms. The molecule has 1 aromatic rings. The minimum atomic E-state index is -0.775. The van der Waals surface area contributed by atoms with Crippen molar-refractivity contribution in [3.05, 3.63) is 28.5 Å². The van der Waals surface area contributed by atoms with Gasteiger partial charge in [0.2, 0.25) is 0 Å². The van der Waals surface area contributed by atoms with Crippen LogP contribution in [0.5, 0.6) is 5.75 Å². The molecule has 1 aliphatic heterocycles. The number of rotatable bonds is 3. The van der Waals surface area contributed by atoms with Crippen molar-refractivity contribution in [2.24, 2.45) is 0 Å². The summed E-state index contributed by atoms with van der Waals surface area (Å²) in [6, 6.07) is 1.72. The summed E-state index contributed by atoms with van der Waals surface area (Å²) in [5.41, 5.74) is 0.140. The average Bonchev–Trinajstić information content (AvgIpc) is 2.40. The molecule has 100 valence electrons. The highest BCUT2D eigenvalue weighted by atomic mass is 35.5. The molecule has 0 amide bonds. The third-order valence-corrected chi connectivity index (χ3v) is 3.52. The SMILES string of the molecule is Oc1c(F)ccc(Cl)c1[C@H](CF)N1CCNCC1. The molecular weight excluding hydrogens is 262 g/mol. The van der Waals surface area contributed by atoms with Gasteiger partial charge in [0.25, 0.3) is 0 Å². The predicted molar refractivity (Wildman–Crippen MR) is 66.2 cm³/mol. The summed E-state index contributed by atoms with van der Waals surface area (Å²) in [5, 5.41) is 13.1. The molecule has 1 fully saturated rings. The number of hydrogen-bond acceptors (Lipinski definition) is 3. The van der Waals surface area contributed by atoms with Gasteiger partial charge in [-0.1, -0.05) is 11.6 Å². The number of aromatic hydroxyl groups is 1. The molecule has 0 unspecified atom stereocenters. The molecule has 0 aromatic heterocycles. The summed E-state index contributed by atoms with van der Waals surface area (Å²) < 4.78 is 26.6. The van der Waals surface area contributed by atoms with E-state index in [1.54, 1.807) is 0 Å².